The largest absolute Gasteiger partial charge is 0.424 e. The minimum Gasteiger partial charge on any atom is -0.383 e. The Morgan fingerprint density at radius 2 is 1.79 bits per heavy atom. The summed E-state index contributed by atoms with van der Waals surface area (Å²) in [6.07, 6.45) is 6.12. The van der Waals surface area contributed by atoms with Crippen LogP contribution in [0.1, 0.15) is 0 Å². The molecule has 0 bridgehead atoms. The SMILES string of the molecule is C#COC(=O)N(CCOC)CCOC. The van der Waals surface area contributed by atoms with Gasteiger partial charge in [-0.25, -0.2) is 4.79 Å². The van der Waals surface area contributed by atoms with Crippen molar-refractivity contribution in [2.45, 2.75) is 0 Å². The van der Waals surface area contributed by atoms with Gasteiger partial charge in [-0.15, -0.1) is 0 Å². The lowest BCUT2D eigenvalue weighted by Crippen LogP contribution is -2.36. The molecule has 0 heterocycles. The van der Waals surface area contributed by atoms with E-state index in [2.05, 4.69) is 4.74 Å². The number of methoxy groups -OCH3 is 2. The van der Waals surface area contributed by atoms with Gasteiger partial charge in [-0.2, -0.15) is 0 Å². The number of amides is 1. The van der Waals surface area contributed by atoms with Gasteiger partial charge in [-0.3, -0.25) is 0 Å². The molecule has 0 unspecified atom stereocenters. The Balaban J connectivity index is 3.95. The summed E-state index contributed by atoms with van der Waals surface area (Å²) in [6, 6.07) is 0. The van der Waals surface area contributed by atoms with Crippen LogP contribution in [0.25, 0.3) is 0 Å². The van der Waals surface area contributed by atoms with Gasteiger partial charge in [0.15, 0.2) is 0 Å². The fraction of sp³-hybridized carbons (Fsp3) is 0.667. The summed E-state index contributed by atoms with van der Waals surface area (Å²) in [5.74, 6) is 0. The standard InChI is InChI=1S/C9H15NO4/c1-4-14-9(11)10(5-7-12-2)6-8-13-3/h1H,5-8H2,2-3H3. The van der Waals surface area contributed by atoms with Gasteiger partial charge >= 0.3 is 6.09 Å². The van der Waals surface area contributed by atoms with E-state index in [1.54, 1.807) is 14.2 Å². The second kappa shape index (κ2) is 8.35. The summed E-state index contributed by atoms with van der Waals surface area (Å²) in [7, 11) is 3.11. The van der Waals surface area contributed by atoms with Crippen molar-refractivity contribution in [3.63, 3.8) is 0 Å². The molecular formula is C9H15NO4. The second-order valence-corrected chi connectivity index (χ2v) is 2.46. The van der Waals surface area contributed by atoms with E-state index in [-0.39, 0.29) is 0 Å². The number of terminal acetylenes is 1. The highest BCUT2D eigenvalue weighted by Crippen LogP contribution is 1.93. The molecule has 0 saturated heterocycles. The van der Waals surface area contributed by atoms with Gasteiger partial charge in [0, 0.05) is 27.3 Å². The average molecular weight is 201 g/mol. The minimum absolute atomic E-state index is 0.431. The van der Waals surface area contributed by atoms with Crippen LogP contribution in [0.4, 0.5) is 4.79 Å². The lowest BCUT2D eigenvalue weighted by atomic mass is 10.5. The van der Waals surface area contributed by atoms with Crippen LogP contribution in [0.3, 0.4) is 0 Å². The molecule has 0 N–H and O–H groups in total. The van der Waals surface area contributed by atoms with E-state index in [1.807, 2.05) is 6.11 Å². The summed E-state index contributed by atoms with van der Waals surface area (Å²) in [6.45, 7) is 1.73. The Labute approximate surface area is 83.9 Å². The predicted molar refractivity (Wildman–Crippen MR) is 50.6 cm³/mol. The molecule has 0 aromatic rings. The number of rotatable bonds is 6. The molecule has 5 nitrogen and oxygen atoms in total. The Morgan fingerprint density at radius 3 is 2.14 bits per heavy atom. The molecule has 0 saturated carbocycles. The minimum atomic E-state index is -0.554. The molecule has 0 aromatic heterocycles. The number of hydrogen-bond donors (Lipinski definition) is 0. The fourth-order valence-corrected chi connectivity index (χ4v) is 0.812. The normalized spacial score (nSPS) is 9.21. The van der Waals surface area contributed by atoms with Crippen LogP contribution in [0.5, 0.6) is 0 Å². The van der Waals surface area contributed by atoms with Crippen molar-refractivity contribution in [3.05, 3.63) is 0 Å². The Kier molecular flexibility index (Phi) is 7.61. The summed E-state index contributed by atoms with van der Waals surface area (Å²) < 4.78 is 14.1. The lowest BCUT2D eigenvalue weighted by molar-refractivity contribution is 0.0970. The van der Waals surface area contributed by atoms with Crippen molar-refractivity contribution in [2.75, 3.05) is 40.5 Å². The smallest absolute Gasteiger partial charge is 0.383 e. The van der Waals surface area contributed by atoms with E-state index in [4.69, 9.17) is 15.9 Å². The molecule has 0 rings (SSSR count). The summed E-state index contributed by atoms with van der Waals surface area (Å²) in [5, 5.41) is 0. The van der Waals surface area contributed by atoms with E-state index < -0.39 is 6.09 Å². The summed E-state index contributed by atoms with van der Waals surface area (Å²) >= 11 is 0. The predicted octanol–water partition coefficient (Wildman–Crippen LogP) is 0.308. The molecule has 0 atom stereocenters. The van der Waals surface area contributed by atoms with Crippen LogP contribution in [0.15, 0.2) is 0 Å². The van der Waals surface area contributed by atoms with Crippen molar-refractivity contribution < 1.29 is 19.0 Å². The van der Waals surface area contributed by atoms with Gasteiger partial charge in [-0.05, 0) is 0 Å². The van der Waals surface area contributed by atoms with Crippen molar-refractivity contribution in [1.82, 2.24) is 4.90 Å². The van der Waals surface area contributed by atoms with Crippen LogP contribution >= 0.6 is 0 Å². The number of carbonyl (C=O) groups excluding carboxylic acids is 1. The first-order valence-electron chi connectivity index (χ1n) is 4.15. The maximum atomic E-state index is 11.2. The highest BCUT2D eigenvalue weighted by molar-refractivity contribution is 5.68. The molecule has 0 radical (unpaired) electrons. The maximum absolute atomic E-state index is 11.2. The van der Waals surface area contributed by atoms with Crippen molar-refractivity contribution in [1.29, 1.82) is 0 Å². The molecular weight excluding hydrogens is 186 g/mol. The van der Waals surface area contributed by atoms with Crippen molar-refractivity contribution >= 4 is 6.09 Å². The fourth-order valence-electron chi connectivity index (χ4n) is 0.812. The molecule has 0 aliphatic rings. The molecule has 0 spiro atoms. The molecule has 0 aliphatic carbocycles. The zero-order valence-corrected chi connectivity index (χ0v) is 8.49. The van der Waals surface area contributed by atoms with Gasteiger partial charge in [-0.1, -0.05) is 6.42 Å². The van der Waals surface area contributed by atoms with Crippen LogP contribution in [-0.4, -0.2) is 51.5 Å². The summed E-state index contributed by atoms with van der Waals surface area (Å²) in [4.78, 5) is 12.6. The van der Waals surface area contributed by atoms with E-state index in [9.17, 15) is 4.79 Å². The van der Waals surface area contributed by atoms with Crippen LogP contribution in [0.2, 0.25) is 0 Å². The summed E-state index contributed by atoms with van der Waals surface area (Å²) in [5.41, 5.74) is 0. The quantitative estimate of drug-likeness (QED) is 0.580. The third-order valence-electron chi connectivity index (χ3n) is 1.54. The maximum Gasteiger partial charge on any atom is 0.424 e. The molecule has 14 heavy (non-hydrogen) atoms. The number of hydrogen-bond acceptors (Lipinski definition) is 4. The van der Waals surface area contributed by atoms with Gasteiger partial charge < -0.3 is 19.1 Å². The first kappa shape index (κ1) is 12.8. The van der Waals surface area contributed by atoms with Crippen molar-refractivity contribution in [3.8, 4) is 12.5 Å². The highest BCUT2D eigenvalue weighted by Gasteiger charge is 2.13. The van der Waals surface area contributed by atoms with Crippen LogP contribution in [-0.2, 0) is 14.2 Å². The molecule has 0 aliphatic heterocycles. The van der Waals surface area contributed by atoms with E-state index in [1.165, 1.54) is 4.90 Å². The molecule has 5 heteroatoms. The lowest BCUT2D eigenvalue weighted by Gasteiger charge is -2.19. The van der Waals surface area contributed by atoms with Gasteiger partial charge in [0.05, 0.1) is 13.2 Å². The highest BCUT2D eigenvalue weighted by atomic mass is 16.5. The first-order valence-corrected chi connectivity index (χ1v) is 4.15. The van der Waals surface area contributed by atoms with E-state index in [0.29, 0.717) is 26.3 Å². The molecule has 0 fully saturated rings. The zero-order chi connectivity index (χ0) is 10.8. The third kappa shape index (κ3) is 5.41. The average Bonchev–Trinajstić information content (AvgIpc) is 2.18. The molecule has 0 aromatic carbocycles. The van der Waals surface area contributed by atoms with Crippen LogP contribution < -0.4 is 0 Å². The van der Waals surface area contributed by atoms with Gasteiger partial charge in [0.25, 0.3) is 0 Å². The molecule has 1 amide bonds. The van der Waals surface area contributed by atoms with Crippen molar-refractivity contribution in [2.24, 2.45) is 0 Å². The van der Waals surface area contributed by atoms with Crippen LogP contribution in [0, 0.1) is 12.5 Å². The second-order valence-electron chi connectivity index (χ2n) is 2.46. The molecule has 80 valence electrons. The zero-order valence-electron chi connectivity index (χ0n) is 8.49. The third-order valence-corrected chi connectivity index (χ3v) is 1.54. The number of nitrogens with zero attached hydrogens (tertiary/aromatic N) is 1. The number of carbonyl (C=O) groups is 1. The Bertz CT molecular complexity index is 191. The van der Waals surface area contributed by atoms with E-state index >= 15 is 0 Å². The monoisotopic (exact) mass is 201 g/mol. The Morgan fingerprint density at radius 1 is 1.29 bits per heavy atom. The first-order chi connectivity index (χ1) is 6.76. The Hall–Kier alpha value is -1.25. The van der Waals surface area contributed by atoms with Gasteiger partial charge in [0.2, 0.25) is 0 Å². The van der Waals surface area contributed by atoms with E-state index in [0.717, 1.165) is 0 Å². The topological polar surface area (TPSA) is 48.0 Å². The number of ether oxygens (including phenoxy) is 3. The van der Waals surface area contributed by atoms with Gasteiger partial charge in [0.1, 0.15) is 6.11 Å².